The van der Waals surface area contributed by atoms with Gasteiger partial charge >= 0.3 is 5.97 Å². The van der Waals surface area contributed by atoms with Gasteiger partial charge in [-0.05, 0) is 26.8 Å². The van der Waals surface area contributed by atoms with Crippen LogP contribution >= 0.6 is 11.3 Å². The number of hydrogen-bond donors (Lipinski definition) is 2. The van der Waals surface area contributed by atoms with E-state index in [9.17, 15) is 13.2 Å². The van der Waals surface area contributed by atoms with Crippen molar-refractivity contribution < 1.29 is 23.1 Å². The summed E-state index contributed by atoms with van der Waals surface area (Å²) in [5.41, 5.74) is -0.772. The molecule has 0 aliphatic carbocycles. The van der Waals surface area contributed by atoms with Gasteiger partial charge in [0.05, 0.1) is 17.0 Å². The van der Waals surface area contributed by atoms with Crippen molar-refractivity contribution in [2.24, 2.45) is 0 Å². The molecule has 0 aromatic carbocycles. The number of sulfonamides is 1. The number of carboxylic acids is 1. The lowest BCUT2D eigenvalue weighted by Crippen LogP contribution is -2.46. The topological polar surface area (TPSA) is 92.7 Å². The van der Waals surface area contributed by atoms with Gasteiger partial charge in [-0.2, -0.15) is 0 Å². The number of methoxy groups -OCH3 is 1. The maximum atomic E-state index is 12.2. The van der Waals surface area contributed by atoms with E-state index in [1.54, 1.807) is 20.8 Å². The Morgan fingerprint density at radius 3 is 2.53 bits per heavy atom. The Bertz CT molecular complexity index is 574. The fourth-order valence-corrected chi connectivity index (χ4v) is 4.48. The molecule has 0 saturated carbocycles. The molecule has 1 aromatic rings. The van der Waals surface area contributed by atoms with Crippen molar-refractivity contribution in [3.05, 3.63) is 15.8 Å². The maximum absolute atomic E-state index is 12.2. The molecule has 2 N–H and O–H groups in total. The molecule has 108 valence electrons. The average Bonchev–Trinajstić information content (AvgIpc) is 2.59. The molecular weight excluding hydrogens is 290 g/mol. The first kappa shape index (κ1) is 16.1. The minimum Gasteiger partial charge on any atom is -0.477 e. The van der Waals surface area contributed by atoms with E-state index < -0.39 is 21.5 Å². The Labute approximate surface area is 116 Å². The lowest BCUT2D eigenvalue weighted by atomic mass is 10.1. The summed E-state index contributed by atoms with van der Waals surface area (Å²) in [5, 5.41) is 8.88. The monoisotopic (exact) mass is 307 g/mol. The molecule has 6 nitrogen and oxygen atoms in total. The van der Waals surface area contributed by atoms with Gasteiger partial charge in [-0.15, -0.1) is 11.3 Å². The molecule has 0 saturated heterocycles. The van der Waals surface area contributed by atoms with Crippen LogP contribution in [0, 0.1) is 6.92 Å². The van der Waals surface area contributed by atoms with Gasteiger partial charge in [0, 0.05) is 12.0 Å². The normalized spacial score (nSPS) is 12.6. The maximum Gasteiger partial charge on any atom is 0.345 e. The SMILES string of the molecule is COCC(C)(C)NS(=O)(=O)c1cc(C(=O)O)sc1C. The summed E-state index contributed by atoms with van der Waals surface area (Å²) >= 11 is 0.939. The molecular formula is C11H17NO5S2. The first-order valence-electron chi connectivity index (χ1n) is 5.46. The molecule has 0 radical (unpaired) electrons. The van der Waals surface area contributed by atoms with E-state index in [0.717, 1.165) is 11.3 Å². The molecule has 0 unspecified atom stereocenters. The molecule has 0 spiro atoms. The lowest BCUT2D eigenvalue weighted by Gasteiger charge is -2.24. The summed E-state index contributed by atoms with van der Waals surface area (Å²) in [5.74, 6) is -1.13. The van der Waals surface area contributed by atoms with Crippen molar-refractivity contribution in [2.45, 2.75) is 31.2 Å². The van der Waals surface area contributed by atoms with Crippen LogP contribution in [0.5, 0.6) is 0 Å². The van der Waals surface area contributed by atoms with E-state index in [2.05, 4.69) is 4.72 Å². The summed E-state index contributed by atoms with van der Waals surface area (Å²) in [4.78, 5) is 11.3. The highest BCUT2D eigenvalue weighted by Gasteiger charge is 2.29. The standard InChI is InChI=1S/C11H17NO5S2/c1-7-9(5-8(18-7)10(13)14)19(15,16)12-11(2,3)6-17-4/h5,12H,6H2,1-4H3,(H,13,14). The van der Waals surface area contributed by atoms with Crippen LogP contribution in [0.2, 0.25) is 0 Å². The van der Waals surface area contributed by atoms with E-state index >= 15 is 0 Å². The fourth-order valence-electron chi connectivity index (χ4n) is 1.65. The molecule has 1 heterocycles. The summed E-state index contributed by atoms with van der Waals surface area (Å²) in [6, 6.07) is 1.17. The minimum absolute atomic E-state index is 0.000854. The molecule has 0 aliphatic rings. The molecule has 8 heteroatoms. The zero-order chi connectivity index (χ0) is 14.8. The highest BCUT2D eigenvalue weighted by Crippen LogP contribution is 2.26. The first-order valence-corrected chi connectivity index (χ1v) is 7.76. The van der Waals surface area contributed by atoms with Crippen LogP contribution < -0.4 is 4.72 Å². The van der Waals surface area contributed by atoms with Gasteiger partial charge < -0.3 is 9.84 Å². The number of carboxylic acid groups (broad SMARTS) is 1. The second kappa shape index (κ2) is 5.58. The van der Waals surface area contributed by atoms with Gasteiger partial charge in [0.15, 0.2) is 0 Å². The smallest absolute Gasteiger partial charge is 0.345 e. The second-order valence-corrected chi connectivity index (χ2v) is 7.67. The van der Waals surface area contributed by atoms with Crippen LogP contribution in [-0.4, -0.2) is 38.7 Å². The van der Waals surface area contributed by atoms with Crippen LogP contribution in [0.4, 0.5) is 0 Å². The summed E-state index contributed by atoms with van der Waals surface area (Å²) in [7, 11) is -2.29. The average molecular weight is 307 g/mol. The van der Waals surface area contributed by atoms with Gasteiger partial charge in [-0.1, -0.05) is 0 Å². The Balaban J connectivity index is 3.11. The van der Waals surface area contributed by atoms with Gasteiger partial charge in [-0.25, -0.2) is 17.9 Å². The van der Waals surface area contributed by atoms with Crippen LogP contribution in [0.15, 0.2) is 11.0 Å². The molecule has 0 atom stereocenters. The largest absolute Gasteiger partial charge is 0.477 e. The fraction of sp³-hybridized carbons (Fsp3) is 0.545. The predicted octanol–water partition coefficient (Wildman–Crippen LogP) is 1.46. The Morgan fingerprint density at radius 2 is 2.11 bits per heavy atom. The molecule has 1 rings (SSSR count). The van der Waals surface area contributed by atoms with Crippen molar-refractivity contribution >= 4 is 27.3 Å². The zero-order valence-electron chi connectivity index (χ0n) is 11.2. The molecule has 1 aromatic heterocycles. The van der Waals surface area contributed by atoms with Crippen molar-refractivity contribution in [1.29, 1.82) is 0 Å². The van der Waals surface area contributed by atoms with Crippen LogP contribution in [0.3, 0.4) is 0 Å². The highest BCUT2D eigenvalue weighted by atomic mass is 32.2. The molecule has 0 amide bonds. The van der Waals surface area contributed by atoms with Crippen LogP contribution in [0.25, 0.3) is 0 Å². The number of rotatable bonds is 6. The van der Waals surface area contributed by atoms with Gasteiger partial charge in [0.25, 0.3) is 0 Å². The van der Waals surface area contributed by atoms with Gasteiger partial charge in [0.2, 0.25) is 10.0 Å². The number of thiophene rings is 1. The molecule has 0 fully saturated rings. The zero-order valence-corrected chi connectivity index (χ0v) is 12.8. The van der Waals surface area contributed by atoms with Crippen molar-refractivity contribution in [3.8, 4) is 0 Å². The molecule has 0 bridgehead atoms. The third kappa shape index (κ3) is 4.00. The third-order valence-electron chi connectivity index (χ3n) is 2.29. The number of hydrogen-bond acceptors (Lipinski definition) is 5. The van der Waals surface area contributed by atoms with Crippen molar-refractivity contribution in [2.75, 3.05) is 13.7 Å². The number of ether oxygens (including phenoxy) is 1. The Kier molecular flexibility index (Phi) is 4.72. The second-order valence-electron chi connectivity index (χ2n) is 4.76. The summed E-state index contributed by atoms with van der Waals surface area (Å²) in [6.45, 7) is 5.16. The van der Waals surface area contributed by atoms with E-state index in [1.807, 2.05) is 0 Å². The Morgan fingerprint density at radius 1 is 1.53 bits per heavy atom. The van der Waals surface area contributed by atoms with E-state index in [0.29, 0.717) is 4.88 Å². The Hall–Kier alpha value is -0.960. The number of nitrogens with one attached hydrogen (secondary N) is 1. The van der Waals surface area contributed by atoms with E-state index in [-0.39, 0.29) is 16.4 Å². The summed E-state index contributed by atoms with van der Waals surface area (Å²) < 4.78 is 31.9. The van der Waals surface area contributed by atoms with Crippen LogP contribution in [-0.2, 0) is 14.8 Å². The highest BCUT2D eigenvalue weighted by molar-refractivity contribution is 7.89. The predicted molar refractivity (Wildman–Crippen MR) is 72.3 cm³/mol. The number of aromatic carboxylic acids is 1. The molecule has 0 aliphatic heterocycles. The first-order chi connectivity index (χ1) is 8.59. The minimum atomic E-state index is -3.77. The van der Waals surface area contributed by atoms with Crippen LogP contribution in [0.1, 0.15) is 28.4 Å². The lowest BCUT2D eigenvalue weighted by molar-refractivity contribution is 0.0702. The number of aryl methyl sites for hydroxylation is 1. The summed E-state index contributed by atoms with van der Waals surface area (Å²) in [6.07, 6.45) is 0. The van der Waals surface area contributed by atoms with Crippen molar-refractivity contribution in [3.63, 3.8) is 0 Å². The number of carbonyl (C=O) groups is 1. The van der Waals surface area contributed by atoms with Crippen molar-refractivity contribution in [1.82, 2.24) is 4.72 Å². The van der Waals surface area contributed by atoms with Gasteiger partial charge in [0.1, 0.15) is 4.88 Å². The van der Waals surface area contributed by atoms with E-state index in [1.165, 1.54) is 13.2 Å². The third-order valence-corrected chi connectivity index (χ3v) is 5.28. The van der Waals surface area contributed by atoms with E-state index in [4.69, 9.17) is 9.84 Å². The molecule has 19 heavy (non-hydrogen) atoms. The van der Waals surface area contributed by atoms with Gasteiger partial charge in [-0.3, -0.25) is 0 Å². The quantitative estimate of drug-likeness (QED) is 0.830.